The van der Waals surface area contributed by atoms with E-state index in [4.69, 9.17) is 15.2 Å². The number of methoxy groups -OCH3 is 1. The van der Waals surface area contributed by atoms with Crippen molar-refractivity contribution < 1.29 is 24.5 Å². The maximum absolute atomic E-state index is 11.3. The van der Waals surface area contributed by atoms with Gasteiger partial charge in [0.15, 0.2) is 0 Å². The Morgan fingerprint density at radius 2 is 1.90 bits per heavy atom. The summed E-state index contributed by atoms with van der Waals surface area (Å²) < 4.78 is 11.0. The Balaban J connectivity index is 1.47. The van der Waals surface area contributed by atoms with Crippen molar-refractivity contribution in [2.24, 2.45) is 5.73 Å². The number of benzene rings is 2. The van der Waals surface area contributed by atoms with Gasteiger partial charge >= 0.3 is 0 Å². The lowest BCUT2D eigenvalue weighted by Gasteiger charge is -2.37. The Kier molecular flexibility index (Phi) is 6.79. The number of carbonyl (C=O) groups excluding carboxylic acids is 1. The molecular weight excluding hydrogens is 374 g/mol. The molecule has 1 saturated heterocycles. The minimum atomic E-state index is -0.735. The number of aromatic hydroxyl groups is 1. The van der Waals surface area contributed by atoms with Crippen LogP contribution in [0.2, 0.25) is 0 Å². The van der Waals surface area contributed by atoms with E-state index in [0.717, 1.165) is 37.6 Å². The van der Waals surface area contributed by atoms with Crippen LogP contribution in [0, 0.1) is 0 Å². The van der Waals surface area contributed by atoms with Crippen LogP contribution in [-0.2, 0) is 0 Å². The summed E-state index contributed by atoms with van der Waals surface area (Å²) in [6, 6.07) is 12.2. The van der Waals surface area contributed by atoms with E-state index < -0.39 is 12.0 Å². The average molecular weight is 401 g/mol. The van der Waals surface area contributed by atoms with Crippen LogP contribution in [0.3, 0.4) is 0 Å². The lowest BCUT2D eigenvalue weighted by molar-refractivity contribution is 0.0662. The van der Waals surface area contributed by atoms with Crippen molar-refractivity contribution in [2.45, 2.75) is 6.10 Å². The number of primary amides is 1. The highest BCUT2D eigenvalue weighted by molar-refractivity contribution is 5.95. The Labute approximate surface area is 170 Å². The van der Waals surface area contributed by atoms with Crippen LogP contribution in [0.25, 0.3) is 0 Å². The molecular formula is C21H27N3O5. The number of hydrogen-bond donors (Lipinski definition) is 3. The number of carbonyl (C=O) groups is 1. The zero-order valence-corrected chi connectivity index (χ0v) is 16.5. The van der Waals surface area contributed by atoms with Gasteiger partial charge in [-0.3, -0.25) is 9.69 Å². The number of amides is 1. The summed E-state index contributed by atoms with van der Waals surface area (Å²) in [5.74, 6) is 0.301. The number of rotatable bonds is 8. The van der Waals surface area contributed by atoms with E-state index in [1.165, 1.54) is 18.2 Å². The molecule has 0 aromatic heterocycles. The highest BCUT2D eigenvalue weighted by atomic mass is 16.5. The molecule has 2 aromatic carbocycles. The Morgan fingerprint density at radius 1 is 1.17 bits per heavy atom. The first-order valence-corrected chi connectivity index (χ1v) is 9.52. The van der Waals surface area contributed by atoms with Crippen molar-refractivity contribution in [1.82, 2.24) is 4.90 Å². The van der Waals surface area contributed by atoms with E-state index in [1.54, 1.807) is 7.11 Å². The average Bonchev–Trinajstić information content (AvgIpc) is 2.73. The van der Waals surface area contributed by atoms with Gasteiger partial charge in [0.2, 0.25) is 0 Å². The molecule has 1 unspecified atom stereocenters. The first kappa shape index (κ1) is 20.8. The molecule has 3 rings (SSSR count). The quantitative estimate of drug-likeness (QED) is 0.607. The fourth-order valence-electron chi connectivity index (χ4n) is 3.41. The predicted octanol–water partition coefficient (Wildman–Crippen LogP) is 1.06. The van der Waals surface area contributed by atoms with Crippen molar-refractivity contribution in [1.29, 1.82) is 0 Å². The molecule has 156 valence electrons. The number of β-amino-alcohol motifs (C(OH)–C–C–N with tert-alkyl or cyclic N) is 1. The van der Waals surface area contributed by atoms with Crippen molar-refractivity contribution >= 4 is 11.6 Å². The molecule has 1 heterocycles. The molecule has 0 radical (unpaired) electrons. The molecule has 2 aromatic rings. The van der Waals surface area contributed by atoms with Gasteiger partial charge in [0.1, 0.15) is 30.0 Å². The Hall–Kier alpha value is -2.97. The highest BCUT2D eigenvalue weighted by Crippen LogP contribution is 2.28. The van der Waals surface area contributed by atoms with Crippen LogP contribution in [0.1, 0.15) is 10.4 Å². The third-order valence-electron chi connectivity index (χ3n) is 4.94. The number of nitrogens with zero attached hydrogens (tertiary/aromatic N) is 2. The summed E-state index contributed by atoms with van der Waals surface area (Å²) in [5.41, 5.74) is 6.28. The summed E-state index contributed by atoms with van der Waals surface area (Å²) in [6.07, 6.45) is -0.682. The minimum absolute atomic E-state index is 0.00977. The molecule has 0 saturated carbocycles. The van der Waals surface area contributed by atoms with Gasteiger partial charge in [-0.15, -0.1) is 0 Å². The molecule has 8 heteroatoms. The van der Waals surface area contributed by atoms with E-state index in [2.05, 4.69) is 15.9 Å². The molecule has 1 fully saturated rings. The van der Waals surface area contributed by atoms with Gasteiger partial charge in [-0.05, 0) is 30.3 Å². The van der Waals surface area contributed by atoms with Gasteiger partial charge in [0, 0.05) is 32.7 Å². The molecule has 0 aliphatic carbocycles. The Morgan fingerprint density at radius 3 is 2.59 bits per heavy atom. The second-order valence-electron chi connectivity index (χ2n) is 6.97. The van der Waals surface area contributed by atoms with Gasteiger partial charge in [-0.2, -0.15) is 0 Å². The first-order chi connectivity index (χ1) is 14.0. The highest BCUT2D eigenvalue weighted by Gasteiger charge is 2.21. The van der Waals surface area contributed by atoms with E-state index >= 15 is 0 Å². The number of phenols is 1. The summed E-state index contributed by atoms with van der Waals surface area (Å²) in [7, 11) is 1.67. The third kappa shape index (κ3) is 5.30. The largest absolute Gasteiger partial charge is 0.507 e. The smallest absolute Gasteiger partial charge is 0.252 e. The molecule has 0 bridgehead atoms. The molecule has 1 aliphatic heterocycles. The maximum atomic E-state index is 11.3. The molecule has 1 atom stereocenters. The lowest BCUT2D eigenvalue weighted by Crippen LogP contribution is -2.49. The van der Waals surface area contributed by atoms with Gasteiger partial charge < -0.3 is 30.3 Å². The predicted molar refractivity (Wildman–Crippen MR) is 110 cm³/mol. The van der Waals surface area contributed by atoms with E-state index in [1.807, 2.05) is 18.2 Å². The number of anilines is 1. The zero-order chi connectivity index (χ0) is 20.8. The first-order valence-electron chi connectivity index (χ1n) is 9.52. The molecule has 1 amide bonds. The fourth-order valence-corrected chi connectivity index (χ4v) is 3.41. The van der Waals surface area contributed by atoms with Crippen molar-refractivity contribution in [2.75, 3.05) is 51.3 Å². The molecule has 4 N–H and O–H groups in total. The molecule has 0 spiro atoms. The standard InChI is InChI=1S/C21H27N3O5/c1-28-20-5-3-2-4-18(20)24-10-8-23(9-11-24)13-15(25)14-29-16-6-7-19(26)17(12-16)21(22)27/h2-7,12,15,25-26H,8-11,13-14H2,1H3,(H2,22,27). The Bertz CT molecular complexity index is 837. The zero-order valence-electron chi connectivity index (χ0n) is 16.5. The summed E-state index contributed by atoms with van der Waals surface area (Å²) in [5, 5.41) is 19.9. The summed E-state index contributed by atoms with van der Waals surface area (Å²) in [4.78, 5) is 15.7. The molecule has 1 aliphatic rings. The van der Waals surface area contributed by atoms with Gasteiger partial charge in [0.25, 0.3) is 5.91 Å². The number of aliphatic hydroxyl groups is 1. The number of ether oxygens (including phenoxy) is 2. The van der Waals surface area contributed by atoms with Crippen molar-refractivity contribution in [3.8, 4) is 17.2 Å². The summed E-state index contributed by atoms with van der Waals surface area (Å²) >= 11 is 0. The van der Waals surface area contributed by atoms with Gasteiger partial charge in [-0.1, -0.05) is 12.1 Å². The second kappa shape index (κ2) is 9.49. The van der Waals surface area contributed by atoms with Gasteiger partial charge in [0.05, 0.1) is 18.4 Å². The minimum Gasteiger partial charge on any atom is -0.507 e. The lowest BCUT2D eigenvalue weighted by atomic mass is 10.2. The van der Waals surface area contributed by atoms with E-state index in [0.29, 0.717) is 12.3 Å². The van der Waals surface area contributed by atoms with Crippen molar-refractivity contribution in [3.05, 3.63) is 48.0 Å². The maximum Gasteiger partial charge on any atom is 0.252 e. The number of para-hydroxylation sites is 2. The monoisotopic (exact) mass is 401 g/mol. The van der Waals surface area contributed by atoms with E-state index in [9.17, 15) is 15.0 Å². The fraction of sp³-hybridized carbons (Fsp3) is 0.381. The van der Waals surface area contributed by atoms with Crippen LogP contribution in [0.4, 0.5) is 5.69 Å². The van der Waals surface area contributed by atoms with Crippen LogP contribution < -0.4 is 20.1 Å². The number of piperazine rings is 1. The molecule has 8 nitrogen and oxygen atoms in total. The van der Waals surface area contributed by atoms with Crippen LogP contribution in [0.5, 0.6) is 17.2 Å². The SMILES string of the molecule is COc1ccccc1N1CCN(CC(O)COc2ccc(O)c(C(N)=O)c2)CC1. The topological polar surface area (TPSA) is 108 Å². The second-order valence-corrected chi connectivity index (χ2v) is 6.97. The molecule has 29 heavy (non-hydrogen) atoms. The van der Waals surface area contributed by atoms with Crippen LogP contribution >= 0.6 is 0 Å². The van der Waals surface area contributed by atoms with Crippen molar-refractivity contribution in [3.63, 3.8) is 0 Å². The number of hydrogen-bond acceptors (Lipinski definition) is 7. The number of nitrogens with two attached hydrogens (primary N) is 1. The third-order valence-corrected chi connectivity index (χ3v) is 4.94. The van der Waals surface area contributed by atoms with Gasteiger partial charge in [-0.25, -0.2) is 0 Å². The van der Waals surface area contributed by atoms with Crippen LogP contribution in [-0.4, -0.2) is 73.6 Å². The van der Waals surface area contributed by atoms with E-state index in [-0.39, 0.29) is 17.9 Å². The normalized spacial score (nSPS) is 15.7. The summed E-state index contributed by atoms with van der Waals surface area (Å²) in [6.45, 7) is 3.89. The number of aliphatic hydroxyl groups excluding tert-OH is 1. The van der Waals surface area contributed by atoms with Crippen LogP contribution in [0.15, 0.2) is 42.5 Å².